The minimum Gasteiger partial charge on any atom is -0.480 e. The Hall–Kier alpha value is -5.73. The summed E-state index contributed by atoms with van der Waals surface area (Å²) in [5, 5.41) is 39.4. The summed E-state index contributed by atoms with van der Waals surface area (Å²) in [6.07, 6.45) is 0. The first-order chi connectivity index (χ1) is 22.9. The first kappa shape index (κ1) is 35.1. The topological polar surface area (TPSA) is 207 Å². The number of isothiocyanates is 1. The quantitative estimate of drug-likeness (QED) is 0.0987. The van der Waals surface area contributed by atoms with E-state index in [0.29, 0.717) is 45.4 Å². The third kappa shape index (κ3) is 10.1. The minimum absolute atomic E-state index is 0.0390. The van der Waals surface area contributed by atoms with Crippen LogP contribution in [0.5, 0.6) is 0 Å². The van der Waals surface area contributed by atoms with Crippen molar-refractivity contribution in [3.05, 3.63) is 83.7 Å². The predicted octanol–water partition coefficient (Wildman–Crippen LogP) is 3.86. The molecule has 0 spiro atoms. The Bertz CT molecular complexity index is 1780. The van der Waals surface area contributed by atoms with E-state index >= 15 is 0 Å². The molecule has 4 rings (SSSR count). The summed E-state index contributed by atoms with van der Waals surface area (Å²) >= 11 is 4.82. The van der Waals surface area contributed by atoms with Crippen LogP contribution >= 0.6 is 12.2 Å². The Labute approximate surface area is 279 Å². The molecule has 246 valence electrons. The van der Waals surface area contributed by atoms with E-state index in [1.54, 1.807) is 36.4 Å². The van der Waals surface area contributed by atoms with Crippen molar-refractivity contribution < 1.29 is 39.6 Å². The lowest BCUT2D eigenvalue weighted by Crippen LogP contribution is -2.34. The average Bonchev–Trinajstić information content (AvgIpc) is 3.01. The molecule has 0 atom stereocenters. The average molecular weight is 671 g/mol. The maximum Gasteiger partial charge on any atom is 0.317 e. The van der Waals surface area contributed by atoms with Crippen molar-refractivity contribution in [1.82, 2.24) is 24.8 Å². The van der Waals surface area contributed by atoms with E-state index in [4.69, 9.17) is 17.2 Å². The van der Waals surface area contributed by atoms with Gasteiger partial charge < -0.3 is 20.4 Å². The lowest BCUT2D eigenvalue weighted by molar-refractivity contribution is -0.144. The number of carboxylic acid groups (broad SMARTS) is 4. The van der Waals surface area contributed by atoms with Gasteiger partial charge in [0.05, 0.1) is 71.2 Å². The SMILES string of the molecule is Cc1ccc(-c2cc(-c3cccc(CN(CC(=O)O)CC(=O)O)n3)nc(-c3cccc(CN(CC(=O)O)CC(=O)O)n3)c2)cc1N=C=S. The van der Waals surface area contributed by atoms with Gasteiger partial charge in [-0.15, -0.1) is 0 Å². The molecule has 15 heteroatoms. The Morgan fingerprint density at radius 2 is 1.10 bits per heavy atom. The number of aliphatic imine (C=N–C) groups is 1. The van der Waals surface area contributed by atoms with Gasteiger partial charge in [0.15, 0.2) is 0 Å². The van der Waals surface area contributed by atoms with Gasteiger partial charge in [0.2, 0.25) is 0 Å². The maximum absolute atomic E-state index is 11.3. The van der Waals surface area contributed by atoms with Crippen molar-refractivity contribution in [2.24, 2.45) is 4.99 Å². The van der Waals surface area contributed by atoms with E-state index in [9.17, 15) is 39.6 Å². The van der Waals surface area contributed by atoms with Gasteiger partial charge >= 0.3 is 23.9 Å². The molecular formula is C33H30N6O8S. The lowest BCUT2D eigenvalue weighted by atomic mass is 10.0. The third-order valence-electron chi connectivity index (χ3n) is 6.88. The van der Waals surface area contributed by atoms with Crippen LogP contribution in [-0.2, 0) is 32.3 Å². The number of benzene rings is 1. The van der Waals surface area contributed by atoms with Crippen LogP contribution in [0.15, 0.2) is 71.7 Å². The monoisotopic (exact) mass is 670 g/mol. The van der Waals surface area contributed by atoms with Gasteiger partial charge in [-0.05, 0) is 78.3 Å². The van der Waals surface area contributed by atoms with Crippen molar-refractivity contribution >= 4 is 46.9 Å². The second-order valence-electron chi connectivity index (χ2n) is 10.7. The van der Waals surface area contributed by atoms with Crippen LogP contribution in [0.3, 0.4) is 0 Å². The van der Waals surface area contributed by atoms with E-state index in [-0.39, 0.29) is 13.1 Å². The zero-order valence-corrected chi connectivity index (χ0v) is 26.4. The van der Waals surface area contributed by atoms with Crippen LogP contribution in [0.25, 0.3) is 33.9 Å². The molecule has 0 fully saturated rings. The maximum atomic E-state index is 11.3. The highest BCUT2D eigenvalue weighted by molar-refractivity contribution is 7.78. The zero-order chi connectivity index (χ0) is 34.8. The summed E-state index contributed by atoms with van der Waals surface area (Å²) < 4.78 is 0. The Balaban J connectivity index is 1.81. The van der Waals surface area contributed by atoms with Crippen molar-refractivity contribution in [1.29, 1.82) is 0 Å². The second kappa shape index (κ2) is 16.2. The van der Waals surface area contributed by atoms with Crippen LogP contribution in [0.2, 0.25) is 0 Å². The van der Waals surface area contributed by atoms with Gasteiger partial charge in [-0.25, -0.2) is 15.0 Å². The van der Waals surface area contributed by atoms with Crippen LogP contribution in [0, 0.1) is 6.92 Å². The number of hydrogen-bond acceptors (Lipinski definition) is 11. The summed E-state index contributed by atoms with van der Waals surface area (Å²) in [5.74, 6) is -4.70. The summed E-state index contributed by atoms with van der Waals surface area (Å²) in [7, 11) is 0. The van der Waals surface area contributed by atoms with Crippen LogP contribution in [-0.4, -0.2) is 100 Å². The number of nitrogens with zero attached hydrogens (tertiary/aromatic N) is 6. The number of carboxylic acids is 4. The van der Waals surface area contributed by atoms with Crippen molar-refractivity contribution in [2.45, 2.75) is 20.0 Å². The van der Waals surface area contributed by atoms with E-state index in [0.717, 1.165) is 11.1 Å². The summed E-state index contributed by atoms with van der Waals surface area (Å²) in [5.41, 5.74) is 5.55. The summed E-state index contributed by atoms with van der Waals surface area (Å²) in [6, 6.07) is 19.4. The number of aromatic nitrogens is 3. The third-order valence-corrected chi connectivity index (χ3v) is 6.97. The fourth-order valence-electron chi connectivity index (χ4n) is 4.90. The molecule has 3 aromatic heterocycles. The number of rotatable bonds is 16. The molecule has 48 heavy (non-hydrogen) atoms. The minimum atomic E-state index is -1.18. The number of thiocarbonyl (C=S) groups is 1. The normalized spacial score (nSPS) is 10.9. The molecule has 0 aliphatic carbocycles. The van der Waals surface area contributed by atoms with Gasteiger partial charge in [-0.2, -0.15) is 4.99 Å². The highest BCUT2D eigenvalue weighted by atomic mass is 32.1. The van der Waals surface area contributed by atoms with Gasteiger partial charge in [-0.3, -0.25) is 29.0 Å². The number of aliphatic carboxylic acids is 4. The Morgan fingerprint density at radius 3 is 1.52 bits per heavy atom. The highest BCUT2D eigenvalue weighted by Crippen LogP contribution is 2.32. The van der Waals surface area contributed by atoms with E-state index < -0.39 is 50.1 Å². The van der Waals surface area contributed by atoms with Gasteiger partial charge in [-0.1, -0.05) is 24.3 Å². The van der Waals surface area contributed by atoms with Gasteiger partial charge in [0.25, 0.3) is 0 Å². The molecule has 0 aliphatic rings. The molecule has 4 aromatic rings. The van der Waals surface area contributed by atoms with Crippen molar-refractivity contribution in [2.75, 3.05) is 26.2 Å². The summed E-state index contributed by atoms with van der Waals surface area (Å²) in [4.78, 5) is 66.2. The van der Waals surface area contributed by atoms with Crippen LogP contribution in [0.1, 0.15) is 17.0 Å². The fraction of sp³-hybridized carbons (Fsp3) is 0.212. The molecule has 0 bridgehead atoms. The largest absolute Gasteiger partial charge is 0.480 e. The Morgan fingerprint density at radius 1 is 0.646 bits per heavy atom. The lowest BCUT2D eigenvalue weighted by Gasteiger charge is -2.18. The first-order valence-corrected chi connectivity index (χ1v) is 14.8. The van der Waals surface area contributed by atoms with Crippen LogP contribution < -0.4 is 0 Å². The fourth-order valence-corrected chi connectivity index (χ4v) is 5.00. The molecule has 0 aliphatic heterocycles. The predicted molar refractivity (Wildman–Crippen MR) is 177 cm³/mol. The number of hydrogen-bond donors (Lipinski definition) is 4. The van der Waals surface area contributed by atoms with Crippen molar-refractivity contribution in [3.8, 4) is 33.9 Å². The number of aryl methyl sites for hydroxylation is 1. The van der Waals surface area contributed by atoms with Crippen LogP contribution in [0.4, 0.5) is 5.69 Å². The molecule has 0 amide bonds. The van der Waals surface area contributed by atoms with Gasteiger partial charge in [0.1, 0.15) is 0 Å². The summed E-state index contributed by atoms with van der Waals surface area (Å²) in [6.45, 7) is -0.156. The number of carbonyl (C=O) groups is 4. The molecule has 1 aromatic carbocycles. The smallest absolute Gasteiger partial charge is 0.317 e. The van der Waals surface area contributed by atoms with E-state index in [1.807, 2.05) is 37.3 Å². The molecule has 0 saturated heterocycles. The Kier molecular flexibility index (Phi) is 11.9. The molecule has 0 saturated carbocycles. The molecule has 4 N–H and O–H groups in total. The molecule has 14 nitrogen and oxygen atoms in total. The van der Waals surface area contributed by atoms with E-state index in [1.165, 1.54) is 9.80 Å². The molecule has 3 heterocycles. The molecule has 0 unspecified atom stereocenters. The highest BCUT2D eigenvalue weighted by Gasteiger charge is 2.18. The molecular weight excluding hydrogens is 640 g/mol. The van der Waals surface area contributed by atoms with E-state index in [2.05, 4.69) is 20.1 Å². The zero-order valence-electron chi connectivity index (χ0n) is 25.6. The molecule has 0 radical (unpaired) electrons. The van der Waals surface area contributed by atoms with Gasteiger partial charge in [0, 0.05) is 13.1 Å². The standard InChI is InChI=1S/C33H30N6O8S/c1-20-8-9-21(10-27(20)34-19-48)22-11-28(25-6-2-4-23(35-25)13-38(15-30(40)41)16-31(42)43)37-29(12-22)26-7-3-5-24(36-26)14-39(17-32(44)45)18-33(46)47/h2-12H,13-18H2,1H3,(H,40,41)(H,42,43)(H,44,45)(H,46,47). The first-order valence-electron chi connectivity index (χ1n) is 14.4. The van der Waals surface area contributed by atoms with Crippen molar-refractivity contribution in [3.63, 3.8) is 0 Å². The second-order valence-corrected chi connectivity index (χ2v) is 10.9. The number of pyridine rings is 3.